The number of amides is 2. The number of ether oxygens (including phenoxy) is 6. The van der Waals surface area contributed by atoms with Crippen molar-refractivity contribution in [1.82, 2.24) is 10.9 Å². The smallest absolute Gasteiger partial charge is 0.307 e. The van der Waals surface area contributed by atoms with Crippen LogP contribution in [-0.4, -0.2) is 66.9 Å². The Hall–Kier alpha value is -5.20. The van der Waals surface area contributed by atoms with Crippen molar-refractivity contribution in [3.05, 3.63) is 59.0 Å². The first-order valence-electron chi connectivity index (χ1n) is 11.3. The minimum atomic E-state index is -0.668. The Balaban J connectivity index is 1.62. The molecular formula is C26H28N4O9. The van der Waals surface area contributed by atoms with E-state index in [2.05, 4.69) is 21.1 Å². The van der Waals surface area contributed by atoms with E-state index in [1.165, 1.54) is 67.2 Å². The van der Waals surface area contributed by atoms with Gasteiger partial charge in [0, 0.05) is 11.1 Å². The monoisotopic (exact) mass is 540 g/mol. The lowest BCUT2D eigenvalue weighted by molar-refractivity contribution is 0.0902. The predicted molar refractivity (Wildman–Crippen MR) is 141 cm³/mol. The minimum absolute atomic E-state index is 0.129. The maximum absolute atomic E-state index is 12.4. The third-order valence-electron chi connectivity index (χ3n) is 5.19. The maximum atomic E-state index is 12.4. The number of hydrogen-bond acceptors (Lipinski definition) is 11. The van der Waals surface area contributed by atoms with Crippen molar-refractivity contribution in [2.75, 3.05) is 42.7 Å². The molecule has 206 valence electrons. The highest BCUT2D eigenvalue weighted by Crippen LogP contribution is 2.38. The van der Waals surface area contributed by atoms with Gasteiger partial charge in [-0.1, -0.05) is 0 Å². The van der Waals surface area contributed by atoms with Gasteiger partial charge in [-0.3, -0.25) is 9.59 Å². The molecule has 0 aliphatic heterocycles. The molecule has 1 aromatic heterocycles. The number of nitrogens with zero attached hydrogens (tertiary/aromatic N) is 2. The van der Waals surface area contributed by atoms with Crippen LogP contribution in [-0.2, 0) is 0 Å². The Morgan fingerprint density at radius 3 is 1.23 bits per heavy atom. The van der Waals surface area contributed by atoms with Crippen molar-refractivity contribution in [2.45, 2.75) is 0 Å². The van der Waals surface area contributed by atoms with Crippen LogP contribution in [0.15, 0.2) is 51.0 Å². The van der Waals surface area contributed by atoms with E-state index in [9.17, 15) is 9.59 Å². The van der Waals surface area contributed by atoms with Gasteiger partial charge in [0.05, 0.1) is 55.1 Å². The lowest BCUT2D eigenvalue weighted by Crippen LogP contribution is -2.18. The third kappa shape index (κ3) is 6.77. The molecule has 3 aromatic rings. The van der Waals surface area contributed by atoms with Crippen LogP contribution in [0.3, 0.4) is 0 Å². The van der Waals surface area contributed by atoms with E-state index in [4.69, 9.17) is 32.8 Å². The minimum Gasteiger partial charge on any atom is -0.493 e. The Morgan fingerprint density at radius 1 is 0.615 bits per heavy atom. The van der Waals surface area contributed by atoms with Gasteiger partial charge in [0.1, 0.15) is 0 Å². The number of hydrogen-bond donors (Lipinski definition) is 2. The molecule has 2 aromatic carbocycles. The van der Waals surface area contributed by atoms with Crippen LogP contribution in [0.5, 0.6) is 34.5 Å². The average molecular weight is 541 g/mol. The summed E-state index contributed by atoms with van der Waals surface area (Å²) < 4.78 is 37.1. The van der Waals surface area contributed by atoms with Crippen LogP contribution >= 0.6 is 0 Å². The van der Waals surface area contributed by atoms with E-state index in [-0.39, 0.29) is 11.5 Å². The fourth-order valence-electron chi connectivity index (χ4n) is 3.37. The van der Waals surface area contributed by atoms with Crippen molar-refractivity contribution >= 4 is 24.2 Å². The fraction of sp³-hybridized carbons (Fsp3) is 0.231. The zero-order valence-electron chi connectivity index (χ0n) is 22.2. The summed E-state index contributed by atoms with van der Waals surface area (Å²) >= 11 is 0. The summed E-state index contributed by atoms with van der Waals surface area (Å²) in [6.45, 7) is 0. The van der Waals surface area contributed by atoms with E-state index in [1.54, 1.807) is 24.3 Å². The summed E-state index contributed by atoms with van der Waals surface area (Å²) in [6.07, 6.45) is 2.77. The molecule has 0 unspecified atom stereocenters. The number of furan rings is 1. The zero-order valence-corrected chi connectivity index (χ0v) is 22.2. The Labute approximate surface area is 224 Å². The van der Waals surface area contributed by atoms with E-state index in [1.807, 2.05) is 0 Å². The average Bonchev–Trinajstić information content (AvgIpc) is 3.46. The highest BCUT2D eigenvalue weighted by Gasteiger charge is 2.16. The van der Waals surface area contributed by atoms with Crippen molar-refractivity contribution in [3.8, 4) is 34.5 Å². The number of hydrazone groups is 2. The molecule has 39 heavy (non-hydrogen) atoms. The van der Waals surface area contributed by atoms with Gasteiger partial charge in [-0.2, -0.15) is 10.2 Å². The predicted octanol–water partition coefficient (Wildman–Crippen LogP) is 2.86. The molecule has 2 amide bonds. The highest BCUT2D eigenvalue weighted by atomic mass is 16.5. The molecule has 0 aliphatic rings. The number of rotatable bonds is 12. The molecule has 0 bridgehead atoms. The fourth-order valence-corrected chi connectivity index (χ4v) is 3.37. The second-order valence-corrected chi connectivity index (χ2v) is 7.48. The third-order valence-corrected chi connectivity index (χ3v) is 5.19. The van der Waals surface area contributed by atoms with Crippen LogP contribution in [0.4, 0.5) is 0 Å². The topological polar surface area (TPSA) is 151 Å². The lowest BCUT2D eigenvalue weighted by atomic mass is 10.2. The van der Waals surface area contributed by atoms with Crippen molar-refractivity contribution in [1.29, 1.82) is 0 Å². The molecule has 2 N–H and O–H groups in total. The summed E-state index contributed by atoms with van der Waals surface area (Å²) in [4.78, 5) is 24.8. The summed E-state index contributed by atoms with van der Waals surface area (Å²) in [5.74, 6) is 0.978. The number of carbonyl (C=O) groups excluding carboxylic acids is 2. The number of benzene rings is 2. The zero-order chi connectivity index (χ0) is 28.4. The molecule has 0 radical (unpaired) electrons. The van der Waals surface area contributed by atoms with Gasteiger partial charge in [0.2, 0.25) is 11.5 Å². The van der Waals surface area contributed by atoms with Gasteiger partial charge in [0.15, 0.2) is 34.5 Å². The van der Waals surface area contributed by atoms with Gasteiger partial charge in [-0.15, -0.1) is 0 Å². The molecule has 0 saturated carbocycles. The largest absolute Gasteiger partial charge is 0.493 e. The van der Waals surface area contributed by atoms with E-state index >= 15 is 0 Å². The van der Waals surface area contributed by atoms with Crippen LogP contribution < -0.4 is 39.3 Å². The quantitative estimate of drug-likeness (QED) is 0.261. The first-order valence-corrected chi connectivity index (χ1v) is 11.3. The first-order chi connectivity index (χ1) is 18.9. The molecule has 0 atom stereocenters. The summed E-state index contributed by atoms with van der Waals surface area (Å²) in [6, 6.07) is 9.30. The SMILES string of the molecule is COc1cc(/C=N/NC(=O)c2ccc(C(=O)N/N=C/c3cc(OC)c(OC)c(OC)c3)o2)cc(OC)c1OC. The summed E-state index contributed by atoms with van der Waals surface area (Å²) in [7, 11) is 8.95. The standard InChI is InChI=1S/C26H28N4O9/c1-33-19-9-15(10-20(34-2)23(19)37-5)13-27-29-25(31)17-7-8-18(39-17)26(32)30-28-14-16-11-21(35-3)24(38-6)22(12-16)36-4/h7-14H,1-6H3,(H,29,31)(H,30,32)/b27-13+,28-14+. The van der Waals surface area contributed by atoms with Gasteiger partial charge in [0.25, 0.3) is 0 Å². The second-order valence-electron chi connectivity index (χ2n) is 7.48. The molecule has 1 heterocycles. The Bertz CT molecular complexity index is 1230. The molecule has 0 saturated heterocycles. The number of carbonyl (C=O) groups is 2. The van der Waals surface area contributed by atoms with Crippen molar-refractivity contribution < 1.29 is 42.4 Å². The molecule has 0 spiro atoms. The number of nitrogens with one attached hydrogen (secondary N) is 2. The summed E-state index contributed by atoms with van der Waals surface area (Å²) in [5.41, 5.74) is 5.81. The molecule has 0 fully saturated rings. The van der Waals surface area contributed by atoms with Crippen LogP contribution in [0.25, 0.3) is 0 Å². The molecule has 13 nitrogen and oxygen atoms in total. The van der Waals surface area contributed by atoms with Crippen LogP contribution in [0.1, 0.15) is 32.2 Å². The van der Waals surface area contributed by atoms with Gasteiger partial charge >= 0.3 is 11.8 Å². The lowest BCUT2D eigenvalue weighted by Gasteiger charge is -2.12. The van der Waals surface area contributed by atoms with Gasteiger partial charge < -0.3 is 32.8 Å². The van der Waals surface area contributed by atoms with Crippen LogP contribution in [0, 0.1) is 0 Å². The summed E-state index contributed by atoms with van der Waals surface area (Å²) in [5, 5.41) is 7.82. The van der Waals surface area contributed by atoms with E-state index in [0.29, 0.717) is 45.6 Å². The normalized spacial score (nSPS) is 10.8. The van der Waals surface area contributed by atoms with E-state index in [0.717, 1.165) is 0 Å². The molecule has 13 heteroatoms. The molecule has 3 rings (SSSR count). The molecule has 0 aliphatic carbocycles. The Kier molecular flexibility index (Phi) is 9.73. The second kappa shape index (κ2) is 13.4. The first kappa shape index (κ1) is 28.4. The van der Waals surface area contributed by atoms with Crippen LogP contribution in [0.2, 0.25) is 0 Å². The van der Waals surface area contributed by atoms with Gasteiger partial charge in [-0.25, -0.2) is 10.9 Å². The number of methoxy groups -OCH3 is 6. The van der Waals surface area contributed by atoms with Gasteiger partial charge in [-0.05, 0) is 36.4 Å². The van der Waals surface area contributed by atoms with Crippen molar-refractivity contribution in [3.63, 3.8) is 0 Å². The highest BCUT2D eigenvalue weighted by molar-refractivity contribution is 5.96. The maximum Gasteiger partial charge on any atom is 0.307 e. The van der Waals surface area contributed by atoms with E-state index < -0.39 is 11.8 Å². The molecular weight excluding hydrogens is 512 g/mol. The van der Waals surface area contributed by atoms with Crippen molar-refractivity contribution in [2.24, 2.45) is 10.2 Å². The Morgan fingerprint density at radius 2 is 0.949 bits per heavy atom.